The quantitative estimate of drug-likeness (QED) is 0.537. The fourth-order valence-corrected chi connectivity index (χ4v) is 5.62. The molecule has 3 nitrogen and oxygen atoms in total. The molecule has 3 aromatic carbocycles. The van der Waals surface area contributed by atoms with Crippen molar-refractivity contribution >= 4 is 17.1 Å². The van der Waals surface area contributed by atoms with Crippen molar-refractivity contribution in [3.05, 3.63) is 132 Å². The number of aromatic hydroxyl groups is 1. The maximum absolute atomic E-state index is 14.5. The lowest BCUT2D eigenvalue weighted by Gasteiger charge is -2.49. The van der Waals surface area contributed by atoms with Crippen molar-refractivity contribution < 1.29 is 19.1 Å². The molecule has 0 aliphatic heterocycles. The number of hydrogen-bond acceptors (Lipinski definition) is 3. The normalized spacial score (nSPS) is 24.1. The number of phenols is 1. The maximum Gasteiger partial charge on any atom is 0.168 e. The van der Waals surface area contributed by atoms with Gasteiger partial charge in [0.05, 0.1) is 5.41 Å². The molecule has 0 saturated carbocycles. The van der Waals surface area contributed by atoms with Gasteiger partial charge in [-0.05, 0) is 35.3 Å². The molecule has 3 atom stereocenters. The molecule has 0 aromatic heterocycles. The zero-order chi connectivity index (χ0) is 23.9. The number of ketones is 2. The summed E-state index contributed by atoms with van der Waals surface area (Å²) in [5, 5.41) is 10.7. The number of phenolic OH excluding ortho intramolecular Hbond substituents is 1. The summed E-state index contributed by atoms with van der Waals surface area (Å²) in [6.07, 6.45) is 5.27. The highest BCUT2D eigenvalue weighted by Gasteiger charge is 2.59. The van der Waals surface area contributed by atoms with E-state index in [0.717, 1.165) is 0 Å². The van der Waals surface area contributed by atoms with Gasteiger partial charge < -0.3 is 5.11 Å². The summed E-state index contributed by atoms with van der Waals surface area (Å²) in [5.74, 6) is -3.19. The smallest absolute Gasteiger partial charge is 0.168 e. The third kappa shape index (κ3) is 3.10. The number of Topliss-reactive ketones (excluding diaryl/α,β-unsaturated/α-hetero) is 1. The van der Waals surface area contributed by atoms with E-state index in [1.165, 1.54) is 18.2 Å². The van der Waals surface area contributed by atoms with E-state index >= 15 is 0 Å². The van der Waals surface area contributed by atoms with Gasteiger partial charge in [0.15, 0.2) is 23.1 Å². The Morgan fingerprint density at radius 1 is 0.941 bits per heavy atom. The van der Waals surface area contributed by atoms with Crippen LogP contribution in [0.25, 0.3) is 5.57 Å². The number of allylic oxidation sites excluding steroid dienone is 5. The average Bonchev–Trinajstić information content (AvgIpc) is 2.88. The van der Waals surface area contributed by atoms with Crippen molar-refractivity contribution in [1.82, 2.24) is 0 Å². The first-order chi connectivity index (χ1) is 16.5. The van der Waals surface area contributed by atoms with Crippen LogP contribution in [0.4, 0.5) is 4.39 Å². The van der Waals surface area contributed by atoms with E-state index in [0.29, 0.717) is 28.7 Å². The third-order valence-electron chi connectivity index (χ3n) is 7.09. The molecule has 0 fully saturated rings. The summed E-state index contributed by atoms with van der Waals surface area (Å²) in [4.78, 5) is 28.3. The topological polar surface area (TPSA) is 54.4 Å². The Morgan fingerprint density at radius 3 is 2.29 bits per heavy atom. The van der Waals surface area contributed by atoms with Gasteiger partial charge >= 0.3 is 0 Å². The van der Waals surface area contributed by atoms with Crippen LogP contribution in [-0.2, 0) is 15.0 Å². The second-order valence-corrected chi connectivity index (χ2v) is 8.69. The lowest BCUT2D eigenvalue weighted by atomic mass is 9.50. The van der Waals surface area contributed by atoms with Gasteiger partial charge in [0.1, 0.15) is 0 Å². The molecule has 34 heavy (non-hydrogen) atoms. The first-order valence-corrected chi connectivity index (χ1v) is 11.2. The lowest BCUT2D eigenvalue weighted by molar-refractivity contribution is -0.131. The standard InChI is InChI=1S/C30H23FO3/c1-2-19-16-17-24-28(33)23(20-10-5-3-6-11-20)18-26(32)30(24,21-12-7-4-8-13-21)27(19)22-14-9-15-25(31)29(22)34/h2-16,18,24,27,34H,1,17H2/t24-,27+,30-/m0/s1. The molecule has 0 unspecified atom stereocenters. The average molecular weight is 451 g/mol. The second-order valence-electron chi connectivity index (χ2n) is 8.69. The van der Waals surface area contributed by atoms with Crippen LogP contribution in [0.15, 0.2) is 109 Å². The minimum atomic E-state index is -1.35. The molecule has 3 aromatic rings. The monoisotopic (exact) mass is 450 g/mol. The Hall–Kier alpha value is -4.05. The van der Waals surface area contributed by atoms with E-state index in [1.807, 2.05) is 66.7 Å². The van der Waals surface area contributed by atoms with Crippen molar-refractivity contribution in [2.24, 2.45) is 5.92 Å². The van der Waals surface area contributed by atoms with Crippen LogP contribution < -0.4 is 0 Å². The molecule has 0 radical (unpaired) electrons. The van der Waals surface area contributed by atoms with Gasteiger partial charge in [0, 0.05) is 23.0 Å². The number of fused-ring (bicyclic) bond motifs is 1. The molecule has 0 amide bonds. The van der Waals surface area contributed by atoms with E-state index in [2.05, 4.69) is 6.58 Å². The van der Waals surface area contributed by atoms with Crippen molar-refractivity contribution in [3.63, 3.8) is 0 Å². The number of rotatable bonds is 4. The van der Waals surface area contributed by atoms with Crippen LogP contribution >= 0.6 is 0 Å². The Bertz CT molecular complexity index is 1350. The SMILES string of the molecule is C=CC1=CC[C@H]2C(=O)C(c3ccccc3)=CC(=O)[C@@]2(c2ccccc2)[C@H]1c1cccc(F)c1O. The molecule has 1 N–H and O–H groups in total. The molecule has 0 saturated heterocycles. The summed E-state index contributed by atoms with van der Waals surface area (Å²) in [7, 11) is 0. The zero-order valence-corrected chi connectivity index (χ0v) is 18.4. The van der Waals surface area contributed by atoms with Crippen LogP contribution in [0.3, 0.4) is 0 Å². The summed E-state index contributed by atoms with van der Waals surface area (Å²) >= 11 is 0. The van der Waals surface area contributed by atoms with Crippen LogP contribution in [0.5, 0.6) is 5.75 Å². The van der Waals surface area contributed by atoms with Crippen molar-refractivity contribution in [3.8, 4) is 5.75 Å². The largest absolute Gasteiger partial charge is 0.505 e. The molecule has 4 heteroatoms. The third-order valence-corrected chi connectivity index (χ3v) is 7.09. The maximum atomic E-state index is 14.5. The van der Waals surface area contributed by atoms with E-state index in [1.54, 1.807) is 12.1 Å². The fraction of sp³-hybridized carbons (Fsp3) is 0.133. The number of carbonyl (C=O) groups excluding carboxylic acids is 2. The molecule has 0 spiro atoms. The van der Waals surface area contributed by atoms with Crippen molar-refractivity contribution in [1.29, 1.82) is 0 Å². The highest BCUT2D eigenvalue weighted by atomic mass is 19.1. The second kappa shape index (κ2) is 8.38. The predicted octanol–water partition coefficient (Wildman–Crippen LogP) is 5.92. The first-order valence-electron chi connectivity index (χ1n) is 11.2. The van der Waals surface area contributed by atoms with E-state index < -0.39 is 28.8 Å². The van der Waals surface area contributed by atoms with Gasteiger partial charge in [-0.2, -0.15) is 0 Å². The van der Waals surface area contributed by atoms with Crippen LogP contribution in [0.2, 0.25) is 0 Å². The van der Waals surface area contributed by atoms with Gasteiger partial charge in [-0.25, -0.2) is 4.39 Å². The molecule has 2 aliphatic rings. The Kier molecular flexibility index (Phi) is 5.37. The minimum absolute atomic E-state index is 0.144. The summed E-state index contributed by atoms with van der Waals surface area (Å²) in [6, 6.07) is 22.6. The van der Waals surface area contributed by atoms with E-state index in [4.69, 9.17) is 0 Å². The van der Waals surface area contributed by atoms with Gasteiger partial charge in [-0.3, -0.25) is 9.59 Å². The molecular weight excluding hydrogens is 427 g/mol. The molecule has 168 valence electrons. The van der Waals surface area contributed by atoms with E-state index in [9.17, 15) is 19.1 Å². The van der Waals surface area contributed by atoms with Crippen molar-refractivity contribution in [2.75, 3.05) is 0 Å². The first kappa shape index (κ1) is 21.8. The van der Waals surface area contributed by atoms with Gasteiger partial charge in [-0.15, -0.1) is 0 Å². The number of hydrogen-bond donors (Lipinski definition) is 1. The lowest BCUT2D eigenvalue weighted by Crippen LogP contribution is -2.54. The molecular formula is C30H23FO3. The number of carbonyl (C=O) groups is 2. The Morgan fingerprint density at radius 2 is 1.62 bits per heavy atom. The van der Waals surface area contributed by atoms with Gasteiger partial charge in [0.25, 0.3) is 0 Å². The highest BCUT2D eigenvalue weighted by Crippen LogP contribution is 2.58. The minimum Gasteiger partial charge on any atom is -0.505 e. The van der Waals surface area contributed by atoms with Gasteiger partial charge in [-0.1, -0.05) is 91.5 Å². The van der Waals surface area contributed by atoms with Crippen LogP contribution in [0, 0.1) is 11.7 Å². The fourth-order valence-electron chi connectivity index (χ4n) is 5.62. The number of para-hydroxylation sites is 1. The summed E-state index contributed by atoms with van der Waals surface area (Å²) in [6.45, 7) is 3.93. The van der Waals surface area contributed by atoms with Gasteiger partial charge in [0.2, 0.25) is 0 Å². The molecule has 0 bridgehead atoms. The Balaban J connectivity index is 1.84. The predicted molar refractivity (Wildman–Crippen MR) is 130 cm³/mol. The van der Waals surface area contributed by atoms with Crippen LogP contribution in [0.1, 0.15) is 29.0 Å². The van der Waals surface area contributed by atoms with Crippen LogP contribution in [-0.4, -0.2) is 16.7 Å². The molecule has 5 rings (SSSR count). The summed E-state index contributed by atoms with van der Waals surface area (Å²) < 4.78 is 14.5. The van der Waals surface area contributed by atoms with E-state index in [-0.39, 0.29) is 17.1 Å². The molecule has 2 aliphatic carbocycles. The number of benzene rings is 3. The Labute approximate surface area is 197 Å². The van der Waals surface area contributed by atoms with Crippen molar-refractivity contribution in [2.45, 2.75) is 17.8 Å². The zero-order valence-electron chi connectivity index (χ0n) is 18.4. The molecule has 0 heterocycles. The number of halogens is 1. The highest BCUT2D eigenvalue weighted by molar-refractivity contribution is 6.31. The summed E-state index contributed by atoms with van der Waals surface area (Å²) in [5.41, 5.74) is 1.31.